The van der Waals surface area contributed by atoms with Gasteiger partial charge in [-0.3, -0.25) is 4.79 Å². The number of allylic oxidation sites excluding steroid dienone is 1. The van der Waals surface area contributed by atoms with Gasteiger partial charge in [-0.1, -0.05) is 23.9 Å². The van der Waals surface area contributed by atoms with Gasteiger partial charge in [0, 0.05) is 18.8 Å². The number of aliphatic imine (C=N–C) groups is 1. The van der Waals surface area contributed by atoms with Crippen LogP contribution < -0.4 is 10.1 Å². The second-order valence-corrected chi connectivity index (χ2v) is 8.61. The topological polar surface area (TPSA) is 89.5 Å². The third kappa shape index (κ3) is 4.54. The number of hydrogen-bond donors (Lipinski definition) is 1. The quantitative estimate of drug-likeness (QED) is 0.629. The molecule has 1 N–H and O–H groups in total. The molecule has 0 unspecified atom stereocenters. The van der Waals surface area contributed by atoms with Gasteiger partial charge >= 0.3 is 5.97 Å². The van der Waals surface area contributed by atoms with Crippen LogP contribution in [-0.4, -0.2) is 55.4 Å². The highest BCUT2D eigenvalue weighted by molar-refractivity contribution is 8.16. The van der Waals surface area contributed by atoms with Crippen molar-refractivity contribution in [2.75, 3.05) is 27.4 Å². The van der Waals surface area contributed by atoms with E-state index in [-0.39, 0.29) is 18.4 Å². The minimum absolute atomic E-state index is 0.0824. The van der Waals surface area contributed by atoms with Crippen LogP contribution in [0, 0.1) is 0 Å². The number of nitrogens with one attached hydrogen (secondary N) is 1. The van der Waals surface area contributed by atoms with Crippen LogP contribution in [0.15, 0.2) is 51.6 Å². The highest BCUT2D eigenvalue weighted by Crippen LogP contribution is 2.45. The molecule has 0 saturated carbocycles. The molecule has 170 valence electrons. The van der Waals surface area contributed by atoms with Crippen molar-refractivity contribution >= 4 is 28.8 Å². The molecule has 1 aromatic carbocycles. The van der Waals surface area contributed by atoms with E-state index in [2.05, 4.69) is 10.3 Å². The molecule has 32 heavy (non-hydrogen) atoms. The Morgan fingerprint density at radius 1 is 1.34 bits per heavy atom. The van der Waals surface area contributed by atoms with Crippen LogP contribution in [0.4, 0.5) is 0 Å². The first kappa shape index (κ1) is 22.4. The fourth-order valence-corrected chi connectivity index (χ4v) is 5.09. The summed E-state index contributed by atoms with van der Waals surface area (Å²) in [5.41, 5.74) is 2.67. The first-order chi connectivity index (χ1) is 15.5. The number of fused-ring (bicyclic) bond motifs is 1. The van der Waals surface area contributed by atoms with Crippen molar-refractivity contribution < 1.29 is 23.8 Å². The van der Waals surface area contributed by atoms with Gasteiger partial charge in [-0.2, -0.15) is 0 Å². The molecule has 1 saturated heterocycles. The van der Waals surface area contributed by atoms with Crippen molar-refractivity contribution in [2.45, 2.75) is 38.3 Å². The van der Waals surface area contributed by atoms with E-state index in [0.29, 0.717) is 23.6 Å². The van der Waals surface area contributed by atoms with Gasteiger partial charge < -0.3 is 24.4 Å². The summed E-state index contributed by atoms with van der Waals surface area (Å²) in [6, 6.07) is 7.08. The van der Waals surface area contributed by atoms with Crippen molar-refractivity contribution in [3.63, 3.8) is 0 Å². The number of carbonyl (C=O) groups excluding carboxylic acids is 2. The van der Waals surface area contributed by atoms with Gasteiger partial charge in [-0.25, -0.2) is 9.79 Å². The molecule has 0 aliphatic carbocycles. The summed E-state index contributed by atoms with van der Waals surface area (Å²) < 4.78 is 16.1. The number of benzene rings is 1. The van der Waals surface area contributed by atoms with Crippen molar-refractivity contribution in [1.29, 1.82) is 0 Å². The number of nitrogens with zero attached hydrogens (tertiary/aromatic N) is 2. The number of amidine groups is 1. The molecular formula is C23H27N3O5S. The molecule has 0 spiro atoms. The predicted molar refractivity (Wildman–Crippen MR) is 122 cm³/mol. The van der Waals surface area contributed by atoms with Gasteiger partial charge in [0.15, 0.2) is 5.17 Å². The zero-order chi connectivity index (χ0) is 22.7. The lowest BCUT2D eigenvalue weighted by atomic mass is 9.93. The SMILES string of the molecule is COC(=O)C1=C(C)N=C2SC=C(CC(=O)NC[C@@H]3CCCO3)N2[C@@H]1c1cccc(OC)c1. The van der Waals surface area contributed by atoms with Crippen molar-refractivity contribution in [2.24, 2.45) is 4.99 Å². The fraction of sp³-hybridized carbons (Fsp3) is 0.435. The average Bonchev–Trinajstić information content (AvgIpc) is 3.46. The van der Waals surface area contributed by atoms with E-state index in [1.165, 1.54) is 18.9 Å². The molecule has 2 atom stereocenters. The van der Waals surface area contributed by atoms with Crippen LogP contribution in [0.25, 0.3) is 0 Å². The Morgan fingerprint density at radius 3 is 2.91 bits per heavy atom. The summed E-state index contributed by atoms with van der Waals surface area (Å²) in [5.74, 6) is 0.140. The number of methoxy groups -OCH3 is 2. The minimum Gasteiger partial charge on any atom is -0.497 e. The van der Waals surface area contributed by atoms with E-state index in [0.717, 1.165) is 35.9 Å². The van der Waals surface area contributed by atoms with Crippen molar-refractivity contribution in [1.82, 2.24) is 10.2 Å². The Labute approximate surface area is 191 Å². The average molecular weight is 458 g/mol. The van der Waals surface area contributed by atoms with Gasteiger partial charge in [-0.15, -0.1) is 0 Å². The van der Waals surface area contributed by atoms with Gasteiger partial charge in [0.25, 0.3) is 0 Å². The van der Waals surface area contributed by atoms with E-state index < -0.39 is 12.0 Å². The smallest absolute Gasteiger partial charge is 0.338 e. The molecule has 3 aliphatic heterocycles. The van der Waals surface area contributed by atoms with Crippen LogP contribution in [0.2, 0.25) is 0 Å². The standard InChI is InChI=1S/C23H27N3O5S/c1-14-20(22(28)30-3)21(15-6-4-7-17(10-15)29-2)26-16(13-32-23(26)25-14)11-19(27)24-12-18-8-5-9-31-18/h4,6-7,10,13,18,21H,5,8-9,11-12H2,1-3H3,(H,24,27)/t18-,21+/m0/s1. The van der Waals surface area contributed by atoms with Crippen LogP contribution >= 0.6 is 11.8 Å². The maximum atomic E-state index is 12.8. The van der Waals surface area contributed by atoms with Crippen LogP contribution in [-0.2, 0) is 19.1 Å². The minimum atomic E-state index is -0.475. The zero-order valence-corrected chi connectivity index (χ0v) is 19.2. The highest BCUT2D eigenvalue weighted by atomic mass is 32.2. The molecule has 3 heterocycles. The van der Waals surface area contributed by atoms with E-state index in [4.69, 9.17) is 14.2 Å². The summed E-state index contributed by atoms with van der Waals surface area (Å²) in [4.78, 5) is 32.0. The van der Waals surface area contributed by atoms with Crippen LogP contribution in [0.1, 0.15) is 37.8 Å². The first-order valence-electron chi connectivity index (χ1n) is 10.6. The summed E-state index contributed by atoms with van der Waals surface area (Å²) in [6.07, 6.45) is 2.25. The van der Waals surface area contributed by atoms with Gasteiger partial charge in [-0.05, 0) is 42.9 Å². The van der Waals surface area contributed by atoms with E-state index >= 15 is 0 Å². The van der Waals surface area contributed by atoms with Crippen molar-refractivity contribution in [3.8, 4) is 5.75 Å². The largest absolute Gasteiger partial charge is 0.497 e. The van der Waals surface area contributed by atoms with E-state index in [1.807, 2.05) is 34.6 Å². The lowest BCUT2D eigenvalue weighted by Gasteiger charge is -2.36. The van der Waals surface area contributed by atoms with Gasteiger partial charge in [0.1, 0.15) is 5.75 Å². The molecule has 0 radical (unpaired) electrons. The molecule has 3 aliphatic rings. The second-order valence-electron chi connectivity index (χ2n) is 7.78. The first-order valence-corrected chi connectivity index (χ1v) is 11.4. The number of hydrogen-bond acceptors (Lipinski definition) is 8. The molecule has 9 heteroatoms. The zero-order valence-electron chi connectivity index (χ0n) is 18.4. The lowest BCUT2D eigenvalue weighted by Crippen LogP contribution is -2.38. The molecule has 0 bridgehead atoms. The maximum Gasteiger partial charge on any atom is 0.338 e. The second kappa shape index (κ2) is 9.79. The molecule has 1 fully saturated rings. The molecule has 1 aromatic rings. The number of thioether (sulfide) groups is 1. The molecule has 8 nitrogen and oxygen atoms in total. The molecule has 4 rings (SSSR count). The number of carbonyl (C=O) groups is 2. The summed E-state index contributed by atoms with van der Waals surface area (Å²) >= 11 is 1.44. The summed E-state index contributed by atoms with van der Waals surface area (Å²) in [7, 11) is 2.96. The Balaban J connectivity index is 1.61. The molecule has 0 aromatic heterocycles. The summed E-state index contributed by atoms with van der Waals surface area (Å²) in [5, 5.41) is 5.62. The Morgan fingerprint density at radius 2 is 2.19 bits per heavy atom. The van der Waals surface area contributed by atoms with E-state index in [1.54, 1.807) is 14.0 Å². The number of rotatable bonds is 7. The fourth-order valence-electron chi connectivity index (χ4n) is 4.13. The highest BCUT2D eigenvalue weighted by Gasteiger charge is 2.41. The molecular weight excluding hydrogens is 430 g/mol. The predicted octanol–water partition coefficient (Wildman–Crippen LogP) is 3.13. The third-order valence-corrected chi connectivity index (χ3v) is 6.60. The van der Waals surface area contributed by atoms with E-state index in [9.17, 15) is 9.59 Å². The Kier molecular flexibility index (Phi) is 6.86. The van der Waals surface area contributed by atoms with Gasteiger partial charge in [0.2, 0.25) is 5.91 Å². The van der Waals surface area contributed by atoms with Crippen LogP contribution in [0.3, 0.4) is 0 Å². The number of ether oxygens (including phenoxy) is 3. The van der Waals surface area contributed by atoms with Crippen molar-refractivity contribution in [3.05, 3.63) is 52.2 Å². The Bertz CT molecular complexity index is 997. The third-order valence-electron chi connectivity index (χ3n) is 5.71. The lowest BCUT2D eigenvalue weighted by molar-refractivity contribution is -0.136. The van der Waals surface area contributed by atoms with Crippen LogP contribution in [0.5, 0.6) is 5.75 Å². The molecule has 1 amide bonds. The Hall–Kier alpha value is -2.78. The van der Waals surface area contributed by atoms with Gasteiger partial charge in [0.05, 0.1) is 44.1 Å². The maximum absolute atomic E-state index is 12.8. The monoisotopic (exact) mass is 457 g/mol. The summed E-state index contributed by atoms with van der Waals surface area (Å²) in [6.45, 7) is 3.06. The number of amides is 1. The normalized spacial score (nSPS) is 22.3. The number of esters is 1.